The van der Waals surface area contributed by atoms with Crippen LogP contribution in [0.3, 0.4) is 0 Å². The Morgan fingerprint density at radius 3 is 2.92 bits per heavy atom. The molecule has 25 heavy (non-hydrogen) atoms. The van der Waals surface area contributed by atoms with Crippen LogP contribution < -0.4 is 10.2 Å². The summed E-state index contributed by atoms with van der Waals surface area (Å²) in [4.78, 5) is 22.3. The van der Waals surface area contributed by atoms with E-state index >= 15 is 0 Å². The van der Waals surface area contributed by atoms with Gasteiger partial charge in [0.1, 0.15) is 12.6 Å². The molecular formula is C16H16N6O3. The molecule has 4 rings (SSSR count). The minimum Gasteiger partial charge on any atom is -0.445 e. The number of fused-ring (bicyclic) bond motifs is 1. The zero-order valence-electron chi connectivity index (χ0n) is 13.4. The van der Waals surface area contributed by atoms with Crippen LogP contribution in [0.4, 0.5) is 5.82 Å². The van der Waals surface area contributed by atoms with Crippen LogP contribution in [0, 0.1) is 0 Å². The van der Waals surface area contributed by atoms with Crippen LogP contribution in [-0.2, 0) is 11.3 Å². The number of carbonyl (C=O) groups is 1. The quantitative estimate of drug-likeness (QED) is 0.742. The lowest BCUT2D eigenvalue weighted by atomic mass is 10.2. The molecule has 4 heterocycles. The maximum absolute atomic E-state index is 12.3. The largest absolute Gasteiger partial charge is 0.445 e. The first-order valence-corrected chi connectivity index (χ1v) is 7.92. The molecule has 0 aromatic carbocycles. The minimum absolute atomic E-state index is 0.271. The SMILES string of the molecule is O=C(NCc1ccc(N2CCOCC2)nn1)c1coc2ncncc12. The van der Waals surface area contributed by atoms with E-state index in [1.54, 1.807) is 6.20 Å². The smallest absolute Gasteiger partial charge is 0.255 e. The number of anilines is 1. The van der Waals surface area contributed by atoms with E-state index in [0.29, 0.717) is 35.6 Å². The number of aromatic nitrogens is 4. The average Bonchev–Trinajstić information content (AvgIpc) is 3.11. The first-order chi connectivity index (χ1) is 12.3. The topological polar surface area (TPSA) is 106 Å². The zero-order valence-corrected chi connectivity index (χ0v) is 13.4. The number of hydrogen-bond acceptors (Lipinski definition) is 8. The Morgan fingerprint density at radius 2 is 2.12 bits per heavy atom. The number of furan rings is 1. The molecular weight excluding hydrogens is 324 g/mol. The van der Waals surface area contributed by atoms with Gasteiger partial charge in [-0.3, -0.25) is 4.79 Å². The third-order valence-corrected chi connectivity index (χ3v) is 3.97. The molecule has 1 saturated heterocycles. The van der Waals surface area contributed by atoms with Gasteiger partial charge in [-0.1, -0.05) is 0 Å². The van der Waals surface area contributed by atoms with Crippen molar-refractivity contribution in [2.45, 2.75) is 6.54 Å². The highest BCUT2D eigenvalue weighted by atomic mass is 16.5. The Balaban J connectivity index is 1.40. The van der Waals surface area contributed by atoms with Crippen molar-refractivity contribution in [1.82, 2.24) is 25.5 Å². The summed E-state index contributed by atoms with van der Waals surface area (Å²) in [5.74, 6) is 0.545. The van der Waals surface area contributed by atoms with Crippen molar-refractivity contribution in [1.29, 1.82) is 0 Å². The molecule has 9 heteroatoms. The van der Waals surface area contributed by atoms with Gasteiger partial charge in [-0.2, -0.15) is 5.10 Å². The molecule has 128 valence electrons. The molecule has 1 aliphatic heterocycles. The Morgan fingerprint density at radius 1 is 1.24 bits per heavy atom. The first-order valence-electron chi connectivity index (χ1n) is 7.92. The van der Waals surface area contributed by atoms with Crippen LogP contribution in [0.1, 0.15) is 16.1 Å². The fourth-order valence-electron chi connectivity index (χ4n) is 2.63. The number of ether oxygens (including phenoxy) is 1. The third-order valence-electron chi connectivity index (χ3n) is 3.97. The molecule has 9 nitrogen and oxygen atoms in total. The highest BCUT2D eigenvalue weighted by molar-refractivity contribution is 6.04. The molecule has 0 saturated carbocycles. The maximum atomic E-state index is 12.3. The van der Waals surface area contributed by atoms with Crippen LogP contribution in [0.5, 0.6) is 0 Å². The number of carbonyl (C=O) groups excluding carboxylic acids is 1. The van der Waals surface area contributed by atoms with Gasteiger partial charge in [0.25, 0.3) is 5.91 Å². The van der Waals surface area contributed by atoms with Gasteiger partial charge in [0, 0.05) is 19.3 Å². The second-order valence-electron chi connectivity index (χ2n) is 5.56. The van der Waals surface area contributed by atoms with E-state index in [9.17, 15) is 4.79 Å². The predicted molar refractivity (Wildman–Crippen MR) is 88.0 cm³/mol. The standard InChI is InChI=1S/C16H16N6O3/c23-15(13-9-25-16-12(13)8-17-10-19-16)18-7-11-1-2-14(21-20-11)22-3-5-24-6-4-22/h1-2,8-10H,3-7H2,(H,18,23). The molecule has 0 unspecified atom stereocenters. The van der Waals surface area contributed by atoms with Gasteiger partial charge in [-0.25, -0.2) is 9.97 Å². The Hall–Kier alpha value is -3.07. The summed E-state index contributed by atoms with van der Waals surface area (Å²) in [6.07, 6.45) is 4.30. The summed E-state index contributed by atoms with van der Waals surface area (Å²) in [6, 6.07) is 3.76. The monoisotopic (exact) mass is 340 g/mol. The summed E-state index contributed by atoms with van der Waals surface area (Å²) >= 11 is 0. The molecule has 0 spiro atoms. The van der Waals surface area contributed by atoms with E-state index < -0.39 is 0 Å². The summed E-state index contributed by atoms with van der Waals surface area (Å²) in [5.41, 5.74) is 1.46. The second-order valence-corrected chi connectivity index (χ2v) is 5.56. The number of morpholine rings is 1. The molecule has 3 aromatic rings. The van der Waals surface area contributed by atoms with Gasteiger partial charge < -0.3 is 19.4 Å². The molecule has 3 aromatic heterocycles. The van der Waals surface area contributed by atoms with Gasteiger partial charge in [-0.05, 0) is 12.1 Å². The van der Waals surface area contributed by atoms with Crippen LogP contribution in [-0.4, -0.2) is 52.4 Å². The van der Waals surface area contributed by atoms with E-state index in [-0.39, 0.29) is 12.5 Å². The van der Waals surface area contributed by atoms with Crippen molar-refractivity contribution in [3.05, 3.63) is 42.2 Å². The number of nitrogens with one attached hydrogen (secondary N) is 1. The van der Waals surface area contributed by atoms with Gasteiger partial charge in [0.2, 0.25) is 5.71 Å². The first kappa shape index (κ1) is 15.5. The molecule has 0 bridgehead atoms. The Labute approximate surface area is 143 Å². The highest BCUT2D eigenvalue weighted by Crippen LogP contribution is 2.17. The highest BCUT2D eigenvalue weighted by Gasteiger charge is 2.15. The summed E-state index contributed by atoms with van der Waals surface area (Å²) in [7, 11) is 0. The Bertz CT molecular complexity index is 873. The summed E-state index contributed by atoms with van der Waals surface area (Å²) < 4.78 is 10.6. The number of hydrogen-bond donors (Lipinski definition) is 1. The maximum Gasteiger partial charge on any atom is 0.255 e. The van der Waals surface area contributed by atoms with Crippen molar-refractivity contribution in [2.24, 2.45) is 0 Å². The van der Waals surface area contributed by atoms with Crippen LogP contribution >= 0.6 is 0 Å². The van der Waals surface area contributed by atoms with Gasteiger partial charge >= 0.3 is 0 Å². The fourth-order valence-corrected chi connectivity index (χ4v) is 2.63. The lowest BCUT2D eigenvalue weighted by molar-refractivity contribution is 0.0951. The van der Waals surface area contributed by atoms with Crippen molar-refractivity contribution in [3.63, 3.8) is 0 Å². The zero-order chi connectivity index (χ0) is 17.1. The average molecular weight is 340 g/mol. The van der Waals surface area contributed by atoms with Gasteiger partial charge in [-0.15, -0.1) is 5.10 Å². The second kappa shape index (κ2) is 6.81. The molecule has 1 amide bonds. The normalized spacial score (nSPS) is 14.6. The van der Waals surface area contributed by atoms with Crippen LogP contribution in [0.2, 0.25) is 0 Å². The third kappa shape index (κ3) is 3.26. The Kier molecular flexibility index (Phi) is 4.21. The molecule has 1 aliphatic rings. The number of rotatable bonds is 4. The van der Waals surface area contributed by atoms with Gasteiger partial charge in [0.15, 0.2) is 5.82 Å². The van der Waals surface area contributed by atoms with Gasteiger partial charge in [0.05, 0.1) is 36.4 Å². The number of nitrogens with zero attached hydrogens (tertiary/aromatic N) is 5. The fraction of sp³-hybridized carbons (Fsp3) is 0.312. The molecule has 1 fully saturated rings. The van der Waals surface area contributed by atoms with Crippen molar-refractivity contribution in [2.75, 3.05) is 31.2 Å². The van der Waals surface area contributed by atoms with E-state index in [0.717, 1.165) is 18.9 Å². The summed E-state index contributed by atoms with van der Waals surface area (Å²) in [6.45, 7) is 3.28. The lowest BCUT2D eigenvalue weighted by Crippen LogP contribution is -2.36. The van der Waals surface area contributed by atoms with E-state index in [2.05, 4.69) is 30.4 Å². The van der Waals surface area contributed by atoms with Crippen molar-refractivity contribution in [3.8, 4) is 0 Å². The lowest BCUT2D eigenvalue weighted by Gasteiger charge is -2.27. The van der Waals surface area contributed by atoms with Crippen LogP contribution in [0.25, 0.3) is 11.1 Å². The van der Waals surface area contributed by atoms with E-state index in [1.165, 1.54) is 12.6 Å². The van der Waals surface area contributed by atoms with Crippen molar-refractivity contribution >= 4 is 22.8 Å². The molecule has 0 radical (unpaired) electrons. The predicted octanol–water partition coefficient (Wildman–Crippen LogP) is 0.779. The van der Waals surface area contributed by atoms with E-state index in [4.69, 9.17) is 9.15 Å². The molecule has 0 aliphatic carbocycles. The number of amides is 1. The van der Waals surface area contributed by atoms with Crippen molar-refractivity contribution < 1.29 is 13.9 Å². The van der Waals surface area contributed by atoms with Crippen LogP contribution in [0.15, 0.2) is 35.3 Å². The summed E-state index contributed by atoms with van der Waals surface area (Å²) in [5, 5.41) is 11.8. The minimum atomic E-state index is -0.271. The van der Waals surface area contributed by atoms with E-state index in [1.807, 2.05) is 12.1 Å². The molecule has 1 N–H and O–H groups in total. The molecule has 0 atom stereocenters.